The Balaban J connectivity index is 1.89. The van der Waals surface area contributed by atoms with Crippen LogP contribution in [-0.2, 0) is 0 Å². The van der Waals surface area contributed by atoms with Crippen LogP contribution in [0, 0.1) is 5.92 Å². The van der Waals surface area contributed by atoms with Gasteiger partial charge in [-0.2, -0.15) is 0 Å². The van der Waals surface area contributed by atoms with Gasteiger partial charge in [-0.1, -0.05) is 6.92 Å². The Morgan fingerprint density at radius 2 is 1.80 bits per heavy atom. The van der Waals surface area contributed by atoms with Crippen LogP contribution in [0.2, 0.25) is 0 Å². The van der Waals surface area contributed by atoms with Crippen molar-refractivity contribution >= 4 is 11.6 Å². The maximum Gasteiger partial charge on any atom is 0.133 e. The molecule has 1 fully saturated rings. The summed E-state index contributed by atoms with van der Waals surface area (Å²) in [6.45, 7) is 7.08. The smallest absolute Gasteiger partial charge is 0.133 e. The minimum absolute atomic E-state index is 0.649. The predicted octanol–water partition coefficient (Wildman–Crippen LogP) is 1.71. The molecule has 2 heterocycles. The molecule has 0 bridgehead atoms. The molecule has 5 nitrogen and oxygen atoms in total. The Bertz CT molecular complexity index is 414. The van der Waals surface area contributed by atoms with Crippen molar-refractivity contribution in [2.75, 3.05) is 57.1 Å². The highest BCUT2D eigenvalue weighted by Crippen LogP contribution is 2.17. The summed E-state index contributed by atoms with van der Waals surface area (Å²) in [4.78, 5) is 15.5. The molecule has 0 aromatic carbocycles. The largest absolute Gasteiger partial charge is 0.363 e. The van der Waals surface area contributed by atoms with Crippen molar-refractivity contribution in [2.45, 2.75) is 19.8 Å². The van der Waals surface area contributed by atoms with Crippen LogP contribution in [0.1, 0.15) is 19.8 Å². The van der Waals surface area contributed by atoms with Gasteiger partial charge >= 0.3 is 0 Å². The van der Waals surface area contributed by atoms with E-state index in [0.717, 1.165) is 18.2 Å². The molecule has 1 saturated heterocycles. The molecule has 0 radical (unpaired) electrons. The second kappa shape index (κ2) is 6.88. The standard InChI is InChI=1S/C15H27N5/c1-13(11-20-7-5-6-8-20)10-19(4)15-9-14(18(2)3)16-12-17-15/h9,12-13H,5-8,10-11H2,1-4H3. The maximum atomic E-state index is 4.38. The van der Waals surface area contributed by atoms with Gasteiger partial charge in [-0.05, 0) is 31.8 Å². The third-order valence-corrected chi connectivity index (χ3v) is 3.84. The van der Waals surface area contributed by atoms with Crippen LogP contribution >= 0.6 is 0 Å². The van der Waals surface area contributed by atoms with E-state index < -0.39 is 0 Å². The van der Waals surface area contributed by atoms with Gasteiger partial charge in [-0.25, -0.2) is 9.97 Å². The quantitative estimate of drug-likeness (QED) is 0.791. The third-order valence-electron chi connectivity index (χ3n) is 3.84. The van der Waals surface area contributed by atoms with Gasteiger partial charge in [0.2, 0.25) is 0 Å². The first-order valence-corrected chi connectivity index (χ1v) is 7.49. The van der Waals surface area contributed by atoms with Gasteiger partial charge in [-0.3, -0.25) is 0 Å². The highest BCUT2D eigenvalue weighted by Gasteiger charge is 2.16. The number of rotatable bonds is 6. The van der Waals surface area contributed by atoms with Crippen molar-refractivity contribution in [3.8, 4) is 0 Å². The first kappa shape index (κ1) is 15.0. The zero-order valence-corrected chi connectivity index (χ0v) is 13.2. The summed E-state index contributed by atoms with van der Waals surface area (Å²) in [7, 11) is 6.12. The zero-order chi connectivity index (χ0) is 14.5. The molecule has 1 aromatic heterocycles. The molecule has 1 atom stereocenters. The minimum atomic E-state index is 0.649. The molecule has 1 unspecified atom stereocenters. The van der Waals surface area contributed by atoms with E-state index in [9.17, 15) is 0 Å². The molecule has 20 heavy (non-hydrogen) atoms. The minimum Gasteiger partial charge on any atom is -0.363 e. The summed E-state index contributed by atoms with van der Waals surface area (Å²) >= 11 is 0. The van der Waals surface area contributed by atoms with Crippen molar-refractivity contribution in [1.29, 1.82) is 0 Å². The topological polar surface area (TPSA) is 35.5 Å². The molecular weight excluding hydrogens is 250 g/mol. The average Bonchev–Trinajstić information content (AvgIpc) is 2.91. The normalized spacial score (nSPS) is 17.2. The van der Waals surface area contributed by atoms with Crippen LogP contribution in [0.4, 0.5) is 11.6 Å². The Morgan fingerprint density at radius 1 is 1.15 bits per heavy atom. The number of nitrogens with zero attached hydrogens (tertiary/aromatic N) is 5. The summed E-state index contributed by atoms with van der Waals surface area (Å²) in [5.41, 5.74) is 0. The fourth-order valence-corrected chi connectivity index (χ4v) is 2.82. The van der Waals surface area contributed by atoms with Gasteiger partial charge in [0.05, 0.1) is 0 Å². The maximum absolute atomic E-state index is 4.38. The molecule has 0 amide bonds. The van der Waals surface area contributed by atoms with Crippen LogP contribution in [0.5, 0.6) is 0 Å². The van der Waals surface area contributed by atoms with Crippen molar-refractivity contribution in [3.05, 3.63) is 12.4 Å². The molecule has 0 N–H and O–H groups in total. The van der Waals surface area contributed by atoms with Crippen LogP contribution in [0.3, 0.4) is 0 Å². The Hall–Kier alpha value is -1.36. The Kier molecular flexibility index (Phi) is 5.17. The van der Waals surface area contributed by atoms with Gasteiger partial charge in [0.15, 0.2) is 0 Å². The SMILES string of the molecule is CC(CN1CCCC1)CN(C)c1cc(N(C)C)ncn1. The summed E-state index contributed by atoms with van der Waals surface area (Å²) in [6.07, 6.45) is 4.37. The van der Waals surface area contributed by atoms with Crippen LogP contribution < -0.4 is 9.80 Å². The monoisotopic (exact) mass is 277 g/mol. The summed E-state index contributed by atoms with van der Waals surface area (Å²) < 4.78 is 0. The van der Waals surface area contributed by atoms with E-state index in [1.807, 2.05) is 25.1 Å². The molecule has 0 saturated carbocycles. The zero-order valence-electron chi connectivity index (χ0n) is 13.2. The second-order valence-electron chi connectivity index (χ2n) is 6.12. The van der Waals surface area contributed by atoms with E-state index >= 15 is 0 Å². The molecular formula is C15H27N5. The van der Waals surface area contributed by atoms with E-state index in [2.05, 4.69) is 33.7 Å². The Morgan fingerprint density at radius 3 is 2.45 bits per heavy atom. The summed E-state index contributed by atoms with van der Waals surface area (Å²) in [5.74, 6) is 2.60. The predicted molar refractivity (Wildman–Crippen MR) is 84.5 cm³/mol. The van der Waals surface area contributed by atoms with E-state index in [1.165, 1.54) is 32.5 Å². The van der Waals surface area contributed by atoms with E-state index in [-0.39, 0.29) is 0 Å². The van der Waals surface area contributed by atoms with Gasteiger partial charge in [0.25, 0.3) is 0 Å². The van der Waals surface area contributed by atoms with Gasteiger partial charge < -0.3 is 14.7 Å². The Labute approximate surface area is 122 Å². The summed E-state index contributed by atoms with van der Waals surface area (Å²) in [6, 6.07) is 2.04. The lowest BCUT2D eigenvalue weighted by Gasteiger charge is -2.26. The van der Waals surface area contributed by atoms with Gasteiger partial charge in [-0.15, -0.1) is 0 Å². The molecule has 1 aliphatic rings. The van der Waals surface area contributed by atoms with E-state index in [0.29, 0.717) is 5.92 Å². The van der Waals surface area contributed by atoms with Crippen molar-refractivity contribution < 1.29 is 0 Å². The van der Waals surface area contributed by atoms with Crippen LogP contribution in [0.15, 0.2) is 12.4 Å². The number of anilines is 2. The van der Waals surface area contributed by atoms with Crippen molar-refractivity contribution in [1.82, 2.24) is 14.9 Å². The lowest BCUT2D eigenvalue weighted by atomic mass is 10.1. The molecule has 1 aromatic rings. The number of hydrogen-bond acceptors (Lipinski definition) is 5. The number of hydrogen-bond donors (Lipinski definition) is 0. The lowest BCUT2D eigenvalue weighted by molar-refractivity contribution is 0.290. The van der Waals surface area contributed by atoms with E-state index in [4.69, 9.17) is 0 Å². The summed E-state index contributed by atoms with van der Waals surface area (Å²) in [5, 5.41) is 0. The van der Waals surface area contributed by atoms with Crippen LogP contribution in [0.25, 0.3) is 0 Å². The van der Waals surface area contributed by atoms with E-state index in [1.54, 1.807) is 6.33 Å². The second-order valence-corrected chi connectivity index (χ2v) is 6.12. The molecule has 0 aliphatic carbocycles. The molecule has 1 aliphatic heterocycles. The average molecular weight is 277 g/mol. The van der Waals surface area contributed by atoms with Gasteiger partial charge in [0.1, 0.15) is 18.0 Å². The first-order valence-electron chi connectivity index (χ1n) is 7.49. The number of likely N-dealkylation sites (tertiary alicyclic amines) is 1. The van der Waals surface area contributed by atoms with Crippen molar-refractivity contribution in [3.63, 3.8) is 0 Å². The molecule has 5 heteroatoms. The highest BCUT2D eigenvalue weighted by molar-refractivity contribution is 5.48. The van der Waals surface area contributed by atoms with Crippen molar-refractivity contribution in [2.24, 2.45) is 5.92 Å². The lowest BCUT2D eigenvalue weighted by Crippen LogP contribution is -2.33. The molecule has 0 spiro atoms. The fourth-order valence-electron chi connectivity index (χ4n) is 2.82. The third kappa shape index (κ3) is 4.07. The first-order chi connectivity index (χ1) is 9.56. The van der Waals surface area contributed by atoms with Gasteiger partial charge in [0, 0.05) is 40.3 Å². The number of aromatic nitrogens is 2. The fraction of sp³-hybridized carbons (Fsp3) is 0.733. The highest BCUT2D eigenvalue weighted by atomic mass is 15.2. The molecule has 2 rings (SSSR count). The van der Waals surface area contributed by atoms with Crippen LogP contribution in [-0.4, -0.2) is 62.2 Å². The molecule has 112 valence electrons.